The van der Waals surface area contributed by atoms with Crippen molar-refractivity contribution in [1.29, 1.82) is 0 Å². The molecule has 27 heavy (non-hydrogen) atoms. The molecule has 2 aromatic rings. The number of aryl methyl sites for hydroxylation is 1. The molecule has 1 aliphatic carbocycles. The molecule has 4 rings (SSSR count). The largest absolute Gasteiger partial charge is 0.497 e. The number of hydrogen-bond donors (Lipinski definition) is 1. The second-order valence-electron chi connectivity index (χ2n) is 7.54. The standard InChI is InChI=1S/C23H27NO3/c1-26-19-10-11-20-17(16-19)6-5-9-21(20)24-22(25)23(12-14-27-15-13-23)18-7-3-2-4-8-18/h2-4,7-8,10-11,16,21H,5-6,9,12-15H2,1H3,(H,24,25)/t21-/m0/s1. The van der Waals surface area contributed by atoms with E-state index in [-0.39, 0.29) is 11.9 Å². The van der Waals surface area contributed by atoms with E-state index in [4.69, 9.17) is 9.47 Å². The summed E-state index contributed by atoms with van der Waals surface area (Å²) in [5.41, 5.74) is 3.11. The number of benzene rings is 2. The van der Waals surface area contributed by atoms with E-state index in [0.29, 0.717) is 13.2 Å². The van der Waals surface area contributed by atoms with Crippen LogP contribution in [0.3, 0.4) is 0 Å². The molecule has 1 atom stereocenters. The zero-order valence-electron chi connectivity index (χ0n) is 15.9. The van der Waals surface area contributed by atoms with Gasteiger partial charge in [-0.3, -0.25) is 4.79 Å². The predicted molar refractivity (Wildman–Crippen MR) is 105 cm³/mol. The van der Waals surface area contributed by atoms with Crippen molar-refractivity contribution in [2.75, 3.05) is 20.3 Å². The second-order valence-corrected chi connectivity index (χ2v) is 7.54. The Hall–Kier alpha value is -2.33. The Morgan fingerprint density at radius 1 is 1.15 bits per heavy atom. The third-order valence-corrected chi connectivity index (χ3v) is 6.08. The summed E-state index contributed by atoms with van der Waals surface area (Å²) in [4.78, 5) is 13.5. The van der Waals surface area contributed by atoms with Crippen molar-refractivity contribution >= 4 is 5.91 Å². The lowest BCUT2D eigenvalue weighted by Crippen LogP contribution is -2.49. The maximum Gasteiger partial charge on any atom is 0.231 e. The Labute approximate surface area is 160 Å². The normalized spacial score (nSPS) is 21.1. The molecule has 1 heterocycles. The average Bonchev–Trinajstić information content (AvgIpc) is 2.74. The molecule has 1 amide bonds. The third kappa shape index (κ3) is 3.46. The number of carbonyl (C=O) groups excluding carboxylic acids is 1. The summed E-state index contributed by atoms with van der Waals surface area (Å²) in [6.45, 7) is 1.25. The van der Waals surface area contributed by atoms with Gasteiger partial charge in [-0.05, 0) is 60.9 Å². The van der Waals surface area contributed by atoms with E-state index < -0.39 is 5.41 Å². The smallest absolute Gasteiger partial charge is 0.231 e. The minimum atomic E-state index is -0.496. The molecule has 0 unspecified atom stereocenters. The van der Waals surface area contributed by atoms with Gasteiger partial charge >= 0.3 is 0 Å². The van der Waals surface area contributed by atoms with Crippen molar-refractivity contribution in [2.45, 2.75) is 43.6 Å². The van der Waals surface area contributed by atoms with Gasteiger partial charge in [0.2, 0.25) is 5.91 Å². The summed E-state index contributed by atoms with van der Waals surface area (Å²) >= 11 is 0. The van der Waals surface area contributed by atoms with E-state index in [0.717, 1.165) is 43.4 Å². The molecule has 142 valence electrons. The summed E-state index contributed by atoms with van der Waals surface area (Å²) in [5.74, 6) is 1.01. The molecule has 1 fully saturated rings. The maximum absolute atomic E-state index is 13.5. The Kier molecular flexibility index (Phi) is 5.17. The van der Waals surface area contributed by atoms with Crippen LogP contribution >= 0.6 is 0 Å². The molecule has 4 heteroatoms. The van der Waals surface area contributed by atoms with Crippen LogP contribution in [-0.4, -0.2) is 26.2 Å². The van der Waals surface area contributed by atoms with Crippen molar-refractivity contribution in [3.05, 3.63) is 65.2 Å². The lowest BCUT2D eigenvalue weighted by atomic mass is 9.73. The zero-order chi connectivity index (χ0) is 18.7. The summed E-state index contributed by atoms with van der Waals surface area (Å²) < 4.78 is 10.9. The van der Waals surface area contributed by atoms with E-state index in [2.05, 4.69) is 29.6 Å². The summed E-state index contributed by atoms with van der Waals surface area (Å²) in [6, 6.07) is 16.4. The van der Waals surface area contributed by atoms with Crippen LogP contribution in [0, 0.1) is 0 Å². The van der Waals surface area contributed by atoms with Crippen molar-refractivity contribution in [2.24, 2.45) is 0 Å². The average molecular weight is 365 g/mol. The summed E-state index contributed by atoms with van der Waals surface area (Å²) in [7, 11) is 1.69. The van der Waals surface area contributed by atoms with Crippen LogP contribution in [0.2, 0.25) is 0 Å². The lowest BCUT2D eigenvalue weighted by Gasteiger charge is -2.38. The first-order chi connectivity index (χ1) is 13.2. The van der Waals surface area contributed by atoms with Crippen molar-refractivity contribution in [1.82, 2.24) is 5.32 Å². The number of ether oxygens (including phenoxy) is 2. The highest BCUT2D eigenvalue weighted by atomic mass is 16.5. The van der Waals surface area contributed by atoms with Crippen LogP contribution < -0.4 is 10.1 Å². The number of hydrogen-bond acceptors (Lipinski definition) is 3. The molecule has 0 aromatic heterocycles. The molecular weight excluding hydrogens is 338 g/mol. The number of amides is 1. The van der Waals surface area contributed by atoms with E-state index >= 15 is 0 Å². The van der Waals surface area contributed by atoms with Crippen LogP contribution in [0.1, 0.15) is 48.4 Å². The van der Waals surface area contributed by atoms with Gasteiger partial charge in [-0.2, -0.15) is 0 Å². The maximum atomic E-state index is 13.5. The lowest BCUT2D eigenvalue weighted by molar-refractivity contribution is -0.131. The van der Waals surface area contributed by atoms with Crippen LogP contribution in [0.5, 0.6) is 5.75 Å². The Morgan fingerprint density at radius 3 is 2.67 bits per heavy atom. The quantitative estimate of drug-likeness (QED) is 0.893. The van der Waals surface area contributed by atoms with Crippen molar-refractivity contribution in [3.63, 3.8) is 0 Å². The molecule has 4 nitrogen and oxygen atoms in total. The summed E-state index contributed by atoms with van der Waals surface area (Å²) in [5, 5.41) is 3.39. The van der Waals surface area contributed by atoms with Gasteiger partial charge in [0.25, 0.3) is 0 Å². The molecule has 1 N–H and O–H groups in total. The highest BCUT2D eigenvalue weighted by Gasteiger charge is 2.42. The first-order valence-corrected chi connectivity index (χ1v) is 9.84. The fourth-order valence-electron chi connectivity index (χ4n) is 4.49. The third-order valence-electron chi connectivity index (χ3n) is 6.08. The van der Waals surface area contributed by atoms with Crippen LogP contribution in [-0.2, 0) is 21.4 Å². The molecule has 0 spiro atoms. The van der Waals surface area contributed by atoms with E-state index in [1.54, 1.807) is 7.11 Å². The Balaban J connectivity index is 1.61. The van der Waals surface area contributed by atoms with Gasteiger partial charge in [-0.15, -0.1) is 0 Å². The summed E-state index contributed by atoms with van der Waals surface area (Å²) in [6.07, 6.45) is 4.55. The second kappa shape index (κ2) is 7.73. The van der Waals surface area contributed by atoms with Crippen molar-refractivity contribution in [3.8, 4) is 5.75 Å². The highest BCUT2D eigenvalue weighted by Crippen LogP contribution is 2.38. The number of carbonyl (C=O) groups is 1. The van der Waals surface area contributed by atoms with Gasteiger partial charge in [-0.25, -0.2) is 0 Å². The van der Waals surface area contributed by atoms with E-state index in [1.165, 1.54) is 11.1 Å². The van der Waals surface area contributed by atoms with Gasteiger partial charge in [0.1, 0.15) is 5.75 Å². The zero-order valence-corrected chi connectivity index (χ0v) is 15.9. The molecule has 2 aliphatic rings. The first kappa shape index (κ1) is 18.1. The van der Waals surface area contributed by atoms with Crippen LogP contribution in [0.25, 0.3) is 0 Å². The Morgan fingerprint density at radius 2 is 1.93 bits per heavy atom. The number of nitrogens with one attached hydrogen (secondary N) is 1. The minimum absolute atomic E-state index is 0.0654. The molecule has 0 saturated carbocycles. The molecular formula is C23H27NO3. The van der Waals surface area contributed by atoms with E-state index in [1.807, 2.05) is 24.3 Å². The predicted octanol–water partition coefficient (Wildman–Crippen LogP) is 3.94. The monoisotopic (exact) mass is 365 g/mol. The fourth-order valence-corrected chi connectivity index (χ4v) is 4.49. The fraction of sp³-hybridized carbons (Fsp3) is 0.435. The van der Waals surface area contributed by atoms with Crippen LogP contribution in [0.15, 0.2) is 48.5 Å². The molecule has 1 saturated heterocycles. The molecule has 0 radical (unpaired) electrons. The molecule has 0 bridgehead atoms. The van der Waals surface area contributed by atoms with Gasteiger partial charge in [-0.1, -0.05) is 36.4 Å². The first-order valence-electron chi connectivity index (χ1n) is 9.84. The van der Waals surface area contributed by atoms with Gasteiger partial charge in [0.05, 0.1) is 18.6 Å². The van der Waals surface area contributed by atoms with Gasteiger partial charge in [0, 0.05) is 13.2 Å². The number of fused-ring (bicyclic) bond motifs is 1. The minimum Gasteiger partial charge on any atom is -0.497 e. The topological polar surface area (TPSA) is 47.6 Å². The van der Waals surface area contributed by atoms with Gasteiger partial charge < -0.3 is 14.8 Å². The van der Waals surface area contributed by atoms with Crippen molar-refractivity contribution < 1.29 is 14.3 Å². The number of rotatable bonds is 4. The Bertz CT molecular complexity index is 797. The molecule has 2 aromatic carbocycles. The van der Waals surface area contributed by atoms with Crippen LogP contribution in [0.4, 0.5) is 0 Å². The van der Waals surface area contributed by atoms with Gasteiger partial charge in [0.15, 0.2) is 0 Å². The SMILES string of the molecule is COc1ccc2c(c1)CCC[C@@H]2NC(=O)C1(c2ccccc2)CCOCC1. The highest BCUT2D eigenvalue weighted by molar-refractivity contribution is 5.88. The number of methoxy groups -OCH3 is 1. The molecule has 1 aliphatic heterocycles. The van der Waals surface area contributed by atoms with E-state index in [9.17, 15) is 4.79 Å².